The van der Waals surface area contributed by atoms with Crippen molar-refractivity contribution in [3.05, 3.63) is 342 Å². The average molecular weight is 1420 g/mol. The average Bonchev–Trinajstić information content (AvgIpc) is 1.67. The highest BCUT2D eigenvalue weighted by atomic mass is 35.5. The van der Waals surface area contributed by atoms with E-state index in [2.05, 4.69) is 186 Å². The number of hydrogen-bond donors (Lipinski definition) is 4. The van der Waals surface area contributed by atoms with E-state index in [1.165, 1.54) is 86.0 Å². The summed E-state index contributed by atoms with van der Waals surface area (Å²) in [4.78, 5) is 53.4. The number of anilines is 4. The second-order valence-electron chi connectivity index (χ2n) is 24.5. The molecule has 0 bridgehead atoms. The van der Waals surface area contributed by atoms with Crippen LogP contribution < -0.4 is 21.3 Å². The van der Waals surface area contributed by atoms with Crippen molar-refractivity contribution in [2.24, 2.45) is 0 Å². The molecular weight excluding hydrogens is 1360 g/mol. The van der Waals surface area contributed by atoms with Crippen molar-refractivity contribution in [1.82, 2.24) is 27.6 Å². The van der Waals surface area contributed by atoms with Crippen LogP contribution in [0, 0.1) is 33.5 Å². The lowest BCUT2D eigenvalue weighted by Gasteiger charge is -2.06. The number of carbonyl (C=O) groups excluding carboxylic acids is 4. The van der Waals surface area contributed by atoms with Crippen LogP contribution in [0.5, 0.6) is 0 Å². The zero-order chi connectivity index (χ0) is 70.6. The standard InChI is InChI=1S/C21H17ClN2OS.C21H17FN2OS.C20H17N3O2.C20H17N3OS/c1-14-6-8-15(9-7-14)12-24-13-18(16-4-2-3-5-19(16)24)23-21(25)17-10-11-26-20(17)22;1-14-6-8-15(9-7-14)12-24-13-18(16-4-2-3-5-19(16)24)23-21(25)20-17(22)10-11-26-20;1-14-6-8-15(9-7-14)11-23-12-17(16-4-2-3-5-18(16)23)22-20(24)19-10-21-13-25-19;1-14-6-8-15(9-7-14)12-23-13-18(16-4-2-3-5-19(16)23)21-20(24)17-10-11-25-22-17/h2*2-11,13H,12H2,1H3,(H,23,25);2-10,12-13H,11H2,1H3,(H,22,24);2-11,13H,12H2,1H3,(H,21,24). The van der Waals surface area contributed by atoms with Gasteiger partial charge in [-0.3, -0.25) is 19.2 Å². The highest BCUT2D eigenvalue weighted by molar-refractivity contribution is 7.14. The van der Waals surface area contributed by atoms with E-state index in [4.69, 9.17) is 16.0 Å². The van der Waals surface area contributed by atoms with Crippen LogP contribution in [0.25, 0.3) is 43.6 Å². The Kier molecular flexibility index (Phi) is 21.3. The Morgan fingerprint density at radius 1 is 0.422 bits per heavy atom. The molecule has 0 unspecified atom stereocenters. The van der Waals surface area contributed by atoms with E-state index in [9.17, 15) is 23.6 Å². The highest BCUT2D eigenvalue weighted by Crippen LogP contribution is 2.33. The monoisotopic (exact) mass is 1420 g/mol. The molecule has 0 radical (unpaired) electrons. The van der Waals surface area contributed by atoms with Crippen molar-refractivity contribution < 1.29 is 28.0 Å². The zero-order valence-electron chi connectivity index (χ0n) is 55.9. The van der Waals surface area contributed by atoms with Crippen LogP contribution in [0.4, 0.5) is 27.1 Å². The van der Waals surface area contributed by atoms with Crippen molar-refractivity contribution >= 4 is 136 Å². The number of oxazole rings is 1. The number of halogens is 2. The van der Waals surface area contributed by atoms with Crippen molar-refractivity contribution in [2.75, 3.05) is 21.3 Å². The minimum absolute atomic E-state index is 0.0976. The molecule has 4 N–H and O–H groups in total. The molecule has 508 valence electrons. The van der Waals surface area contributed by atoms with Crippen LogP contribution in [0.3, 0.4) is 0 Å². The van der Waals surface area contributed by atoms with Gasteiger partial charge in [-0.15, -0.1) is 22.7 Å². The van der Waals surface area contributed by atoms with E-state index in [-0.39, 0.29) is 28.4 Å². The van der Waals surface area contributed by atoms with Gasteiger partial charge in [0.05, 0.1) is 56.6 Å². The van der Waals surface area contributed by atoms with Gasteiger partial charge >= 0.3 is 0 Å². The van der Waals surface area contributed by atoms with Crippen molar-refractivity contribution in [1.29, 1.82) is 0 Å². The van der Waals surface area contributed by atoms with Gasteiger partial charge in [0.25, 0.3) is 23.6 Å². The number of aryl methyl sites for hydroxylation is 4. The first-order valence-electron chi connectivity index (χ1n) is 32.7. The first-order chi connectivity index (χ1) is 49.6. The number of hydrogen-bond acceptors (Lipinski definition) is 10. The number of amides is 4. The maximum Gasteiger partial charge on any atom is 0.293 e. The van der Waals surface area contributed by atoms with Gasteiger partial charge in [0, 0.05) is 77.9 Å². The van der Waals surface area contributed by atoms with Crippen molar-refractivity contribution in [3.63, 3.8) is 0 Å². The fourth-order valence-electron chi connectivity index (χ4n) is 11.8. The van der Waals surface area contributed by atoms with E-state index in [1.54, 1.807) is 22.9 Å². The largest absolute Gasteiger partial charge is 0.438 e. The summed E-state index contributed by atoms with van der Waals surface area (Å²) in [5.41, 5.74) is 18.0. The van der Waals surface area contributed by atoms with Gasteiger partial charge in [0.2, 0.25) is 5.76 Å². The number of carbonyl (C=O) groups is 4. The van der Waals surface area contributed by atoms with Gasteiger partial charge in [-0.2, -0.15) is 4.37 Å². The van der Waals surface area contributed by atoms with E-state index < -0.39 is 11.7 Å². The maximum atomic E-state index is 13.7. The number of aromatic nitrogens is 6. The van der Waals surface area contributed by atoms with Gasteiger partial charge in [0.15, 0.2) is 6.39 Å². The normalized spacial score (nSPS) is 11.0. The number of fused-ring (bicyclic) bond motifs is 4. The number of nitrogens with one attached hydrogen (secondary N) is 4. The first-order valence-corrected chi connectivity index (χ1v) is 35.7. The summed E-state index contributed by atoms with van der Waals surface area (Å²) in [7, 11) is 0. The molecule has 20 heteroatoms. The highest BCUT2D eigenvalue weighted by Gasteiger charge is 2.20. The Balaban J connectivity index is 0.000000121. The Hall–Kier alpha value is -11.7. The molecular formula is C82H68ClFN10O5S3. The molecule has 0 saturated heterocycles. The quantitative estimate of drug-likeness (QED) is 0.0744. The van der Waals surface area contributed by atoms with Crippen molar-refractivity contribution in [2.45, 2.75) is 53.9 Å². The molecule has 0 spiro atoms. The topological polar surface area (TPSA) is 175 Å². The zero-order valence-corrected chi connectivity index (χ0v) is 59.1. The third-order valence-corrected chi connectivity index (χ3v) is 19.7. The van der Waals surface area contributed by atoms with Gasteiger partial charge in [-0.25, -0.2) is 9.37 Å². The lowest BCUT2D eigenvalue weighted by Crippen LogP contribution is -2.11. The minimum Gasteiger partial charge on any atom is -0.438 e. The molecule has 0 atom stereocenters. The fourth-order valence-corrected chi connectivity index (χ4v) is 13.9. The van der Waals surface area contributed by atoms with E-state index in [0.717, 1.165) is 91.6 Å². The predicted molar refractivity (Wildman–Crippen MR) is 413 cm³/mol. The van der Waals surface area contributed by atoms with Crippen molar-refractivity contribution in [3.8, 4) is 0 Å². The summed E-state index contributed by atoms with van der Waals surface area (Å²) in [5, 5.41) is 20.9. The number of benzene rings is 8. The molecule has 16 aromatic rings. The second-order valence-corrected chi connectivity index (χ2v) is 27.6. The molecule has 8 aromatic carbocycles. The molecule has 0 fully saturated rings. The molecule has 0 aliphatic carbocycles. The molecule has 16 rings (SSSR count). The Morgan fingerprint density at radius 2 is 0.784 bits per heavy atom. The summed E-state index contributed by atoms with van der Waals surface area (Å²) in [5.74, 6) is -1.40. The number of para-hydroxylation sites is 4. The molecule has 102 heavy (non-hydrogen) atoms. The second kappa shape index (κ2) is 31.6. The Labute approximate surface area is 604 Å². The van der Waals surface area contributed by atoms with Crippen LogP contribution in [0.1, 0.15) is 85.6 Å². The molecule has 0 aliphatic rings. The molecule has 8 heterocycles. The maximum absolute atomic E-state index is 13.7. The van der Waals surface area contributed by atoms with Gasteiger partial charge in [0.1, 0.15) is 20.7 Å². The van der Waals surface area contributed by atoms with Crippen LogP contribution in [0.15, 0.2) is 270 Å². The molecule has 4 amide bonds. The summed E-state index contributed by atoms with van der Waals surface area (Å²) in [6, 6.07) is 70.7. The SMILES string of the molecule is Cc1ccc(Cn2cc(NC(=O)c3ccsc3Cl)c3ccccc32)cc1.Cc1ccc(Cn2cc(NC(=O)c3ccsn3)c3ccccc32)cc1.Cc1ccc(Cn2cc(NC(=O)c3cnco3)c3ccccc32)cc1.Cc1ccc(Cn2cc(NC(=O)c3sccc3F)c3ccccc32)cc1. The summed E-state index contributed by atoms with van der Waals surface area (Å²) < 4.78 is 31.9. The van der Waals surface area contributed by atoms with E-state index in [1.807, 2.05) is 115 Å². The minimum atomic E-state index is -0.490. The van der Waals surface area contributed by atoms with Crippen LogP contribution >= 0.6 is 45.8 Å². The van der Waals surface area contributed by atoms with Crippen LogP contribution in [-0.2, 0) is 26.2 Å². The van der Waals surface area contributed by atoms with Gasteiger partial charge in [-0.1, -0.05) is 204 Å². The molecule has 15 nitrogen and oxygen atoms in total. The van der Waals surface area contributed by atoms with Crippen LogP contribution in [-0.4, -0.2) is 51.3 Å². The summed E-state index contributed by atoms with van der Waals surface area (Å²) in [6.45, 7) is 11.2. The number of thiophene rings is 2. The van der Waals surface area contributed by atoms with E-state index in [0.29, 0.717) is 27.8 Å². The first kappa shape index (κ1) is 68.8. The van der Waals surface area contributed by atoms with E-state index >= 15 is 0 Å². The fraction of sp³-hybridized carbons (Fsp3) is 0.0976. The number of rotatable bonds is 16. The lowest BCUT2D eigenvalue weighted by molar-refractivity contribution is 0.0993. The molecule has 8 aromatic heterocycles. The third-order valence-electron chi connectivity index (χ3n) is 17.1. The van der Waals surface area contributed by atoms with Gasteiger partial charge < -0.3 is 44.0 Å². The lowest BCUT2D eigenvalue weighted by atomic mass is 10.1. The third kappa shape index (κ3) is 16.4. The Morgan fingerprint density at radius 3 is 1.12 bits per heavy atom. The smallest absolute Gasteiger partial charge is 0.293 e. The predicted octanol–water partition coefficient (Wildman–Crippen LogP) is 20.4. The summed E-state index contributed by atoms with van der Waals surface area (Å²) >= 11 is 9.82. The van der Waals surface area contributed by atoms with Gasteiger partial charge in [-0.05, 0) is 115 Å². The Bertz CT molecular complexity index is 5230. The molecule has 0 aliphatic heterocycles. The molecule has 0 saturated carbocycles. The number of nitrogens with zero attached hydrogens (tertiary/aromatic N) is 6. The summed E-state index contributed by atoms with van der Waals surface area (Å²) in [6.07, 6.45) is 10.5. The van der Waals surface area contributed by atoms with Crippen LogP contribution in [0.2, 0.25) is 4.34 Å².